The Morgan fingerprint density at radius 1 is 1.17 bits per heavy atom. The van der Waals surface area contributed by atoms with E-state index in [1.54, 1.807) is 0 Å². The van der Waals surface area contributed by atoms with E-state index < -0.39 is 0 Å². The fourth-order valence-electron chi connectivity index (χ4n) is 4.29. The van der Waals surface area contributed by atoms with Crippen molar-refractivity contribution in [2.24, 2.45) is 5.73 Å². The summed E-state index contributed by atoms with van der Waals surface area (Å²) in [4.78, 5) is 1.23. The molecule has 4 aliphatic heterocycles. The summed E-state index contributed by atoms with van der Waals surface area (Å²) in [6.45, 7) is 10.3. The molecule has 18 heavy (non-hydrogen) atoms. The van der Waals surface area contributed by atoms with Gasteiger partial charge in [-0.1, -0.05) is 0 Å². The second-order valence-corrected chi connectivity index (χ2v) is 6.95. The molecule has 5 heteroatoms. The second-order valence-electron chi connectivity index (χ2n) is 6.95. The molecule has 4 N–H and O–H groups in total. The zero-order valence-electron chi connectivity index (χ0n) is 11.6. The smallest absolute Gasteiger partial charge is 0.290 e. The Labute approximate surface area is 110 Å². The number of fused-ring (bicyclic) bond motifs is 3. The van der Waals surface area contributed by atoms with Gasteiger partial charge in [0.05, 0.1) is 13.6 Å². The van der Waals surface area contributed by atoms with Gasteiger partial charge in [0.1, 0.15) is 51.9 Å². The van der Waals surface area contributed by atoms with Crippen molar-refractivity contribution in [3.05, 3.63) is 0 Å². The van der Waals surface area contributed by atoms with E-state index in [1.165, 1.54) is 66.0 Å². The lowest BCUT2D eigenvalue weighted by Gasteiger charge is -2.57. The molecule has 0 aliphatic carbocycles. The fourth-order valence-corrected chi connectivity index (χ4v) is 4.29. The molecule has 4 heterocycles. The number of hydrogen-bond donors (Lipinski definition) is 3. The fraction of sp³-hybridized carbons (Fsp3) is 0.923. The Balaban J connectivity index is 1.72. The van der Waals surface area contributed by atoms with Crippen LogP contribution < -0.4 is 10.6 Å². The van der Waals surface area contributed by atoms with Gasteiger partial charge in [0.25, 0.3) is 5.96 Å². The van der Waals surface area contributed by atoms with Gasteiger partial charge >= 0.3 is 0 Å². The highest BCUT2D eigenvalue weighted by atomic mass is 15.5. The molecule has 0 amide bonds. The highest BCUT2D eigenvalue weighted by molar-refractivity contribution is 5.64. The summed E-state index contributed by atoms with van der Waals surface area (Å²) in [5, 5.41) is 7.68. The Bertz CT molecular complexity index is 329. The maximum atomic E-state index is 7.68. The van der Waals surface area contributed by atoms with Crippen LogP contribution in [0.15, 0.2) is 0 Å². The number of quaternary nitrogens is 3. The molecule has 0 spiro atoms. The van der Waals surface area contributed by atoms with Crippen molar-refractivity contribution in [3.63, 3.8) is 0 Å². The van der Waals surface area contributed by atoms with E-state index in [4.69, 9.17) is 11.1 Å². The third kappa shape index (κ3) is 1.94. The van der Waals surface area contributed by atoms with Crippen LogP contribution in [-0.2, 0) is 0 Å². The molecule has 4 aliphatic rings. The van der Waals surface area contributed by atoms with Gasteiger partial charge in [-0.05, 0) is 0 Å². The highest BCUT2D eigenvalue weighted by Gasteiger charge is 2.52. The van der Waals surface area contributed by atoms with Gasteiger partial charge in [0.15, 0.2) is 0 Å². The molecule has 0 aromatic carbocycles. The molecule has 5 nitrogen and oxygen atoms in total. The average molecular weight is 254 g/mol. The van der Waals surface area contributed by atoms with Crippen molar-refractivity contribution in [1.29, 1.82) is 5.41 Å². The van der Waals surface area contributed by atoms with E-state index in [-0.39, 0.29) is 0 Å². The van der Waals surface area contributed by atoms with Gasteiger partial charge < -0.3 is 14.7 Å². The molecule has 4 saturated heterocycles. The standard InChI is InChI=1S/C13H27N5/c1-17-5-8-18(9-6-17,10-7-17)12-3-2-4-16(11-12)13(14)15/h12H,2-11H2,1H3,(H3,14,15)/q+2/p+1. The topological polar surface area (TPSA) is 54.3 Å². The molecule has 0 saturated carbocycles. The first kappa shape index (κ1) is 12.4. The lowest BCUT2D eigenvalue weighted by molar-refractivity contribution is -1.09. The van der Waals surface area contributed by atoms with E-state index in [1.807, 2.05) is 0 Å². The molecule has 102 valence electrons. The van der Waals surface area contributed by atoms with Crippen LogP contribution in [0.25, 0.3) is 0 Å². The van der Waals surface area contributed by atoms with Crippen LogP contribution in [0.4, 0.5) is 0 Å². The number of likely N-dealkylation sites (N-methyl/N-ethyl adjacent to an activating group) is 1. The number of likely N-dealkylation sites (tertiary alicyclic amines) is 1. The Kier molecular flexibility index (Phi) is 2.88. The van der Waals surface area contributed by atoms with E-state index in [0.29, 0.717) is 5.96 Å². The monoisotopic (exact) mass is 254 g/mol. The van der Waals surface area contributed by atoms with Crippen LogP contribution in [0.1, 0.15) is 12.8 Å². The molecule has 2 bridgehead atoms. The number of piperidine rings is 1. The van der Waals surface area contributed by atoms with Crippen molar-refractivity contribution in [2.75, 3.05) is 59.4 Å². The van der Waals surface area contributed by atoms with E-state index in [2.05, 4.69) is 7.05 Å². The van der Waals surface area contributed by atoms with Crippen LogP contribution in [0.2, 0.25) is 0 Å². The van der Waals surface area contributed by atoms with Crippen LogP contribution in [-0.4, -0.2) is 80.4 Å². The molecule has 0 aromatic rings. The van der Waals surface area contributed by atoms with E-state index in [9.17, 15) is 0 Å². The van der Waals surface area contributed by atoms with E-state index in [0.717, 1.165) is 19.1 Å². The molecule has 0 radical (unpaired) electrons. The molecule has 0 aromatic heterocycles. The van der Waals surface area contributed by atoms with Crippen molar-refractivity contribution >= 4 is 5.96 Å². The zero-order valence-corrected chi connectivity index (χ0v) is 11.6. The van der Waals surface area contributed by atoms with Crippen LogP contribution in [0.3, 0.4) is 0 Å². The van der Waals surface area contributed by atoms with Crippen LogP contribution >= 0.6 is 0 Å². The third-order valence-electron chi connectivity index (χ3n) is 5.91. The predicted octanol–water partition coefficient (Wildman–Crippen LogP) is -1.78. The van der Waals surface area contributed by atoms with Crippen molar-refractivity contribution in [3.8, 4) is 0 Å². The van der Waals surface area contributed by atoms with Crippen molar-refractivity contribution < 1.29 is 13.9 Å². The Morgan fingerprint density at radius 3 is 2.33 bits per heavy atom. The SMILES string of the molecule is C[N+]12CC[N+](C3CCC[NH+](C(=N)N)C3)(CC1)CC2. The van der Waals surface area contributed by atoms with Gasteiger partial charge in [-0.3, -0.25) is 4.90 Å². The Hall–Kier alpha value is -0.650. The maximum absolute atomic E-state index is 7.68. The van der Waals surface area contributed by atoms with Crippen LogP contribution in [0.5, 0.6) is 0 Å². The molecule has 2 atom stereocenters. The number of hydrogen-bond acceptors (Lipinski definition) is 1. The lowest BCUT2D eigenvalue weighted by atomic mass is 9.96. The largest absolute Gasteiger partial charge is 0.338 e. The molecule has 4 rings (SSSR count). The third-order valence-corrected chi connectivity index (χ3v) is 5.91. The number of nitrogens with two attached hydrogens (primary N) is 1. The summed E-state index contributed by atoms with van der Waals surface area (Å²) in [5.41, 5.74) is 5.71. The minimum absolute atomic E-state index is 0.354. The zero-order chi connectivity index (χ0) is 12.8. The summed E-state index contributed by atoms with van der Waals surface area (Å²) in [6, 6.07) is 0.756. The summed E-state index contributed by atoms with van der Waals surface area (Å²) >= 11 is 0. The summed E-state index contributed by atoms with van der Waals surface area (Å²) < 4.78 is 2.64. The van der Waals surface area contributed by atoms with Gasteiger partial charge in [-0.25, -0.2) is 5.41 Å². The van der Waals surface area contributed by atoms with E-state index >= 15 is 0 Å². The number of nitrogens with one attached hydrogen (secondary N) is 2. The number of piperazine rings is 3. The molecule has 4 fully saturated rings. The lowest BCUT2D eigenvalue weighted by Crippen LogP contribution is -3.18. The molecular weight excluding hydrogens is 226 g/mol. The van der Waals surface area contributed by atoms with Crippen LogP contribution in [0, 0.1) is 5.41 Å². The molecule has 2 unspecified atom stereocenters. The second kappa shape index (κ2) is 4.18. The minimum atomic E-state index is 0.354. The van der Waals surface area contributed by atoms with Crippen molar-refractivity contribution in [1.82, 2.24) is 0 Å². The van der Waals surface area contributed by atoms with Crippen molar-refractivity contribution in [2.45, 2.75) is 18.9 Å². The minimum Gasteiger partial charge on any atom is -0.338 e. The Morgan fingerprint density at radius 2 is 1.78 bits per heavy atom. The quantitative estimate of drug-likeness (QED) is 0.289. The maximum Gasteiger partial charge on any atom is 0.290 e. The van der Waals surface area contributed by atoms with Gasteiger partial charge in [-0.15, -0.1) is 0 Å². The van der Waals surface area contributed by atoms with Gasteiger partial charge in [0.2, 0.25) is 0 Å². The number of rotatable bonds is 1. The summed E-state index contributed by atoms with van der Waals surface area (Å²) in [5.74, 6) is 0.354. The first-order valence-electron chi connectivity index (χ1n) is 7.42. The molecular formula is C13H28N5+3. The summed E-state index contributed by atoms with van der Waals surface area (Å²) in [7, 11) is 2.42. The predicted molar refractivity (Wildman–Crippen MR) is 71.3 cm³/mol. The van der Waals surface area contributed by atoms with Gasteiger partial charge in [0, 0.05) is 12.8 Å². The average Bonchev–Trinajstić information content (AvgIpc) is 2.40. The first-order valence-corrected chi connectivity index (χ1v) is 7.42. The highest BCUT2D eigenvalue weighted by Crippen LogP contribution is 2.29. The normalized spacial score (nSPS) is 48.1. The number of guanidine groups is 1. The number of nitrogens with zero attached hydrogens (tertiary/aromatic N) is 2. The first-order chi connectivity index (χ1) is 8.53. The summed E-state index contributed by atoms with van der Waals surface area (Å²) in [6.07, 6.45) is 2.59. The van der Waals surface area contributed by atoms with Gasteiger partial charge in [-0.2, -0.15) is 0 Å².